The number of aryl methyl sites for hydroxylation is 1. The number of rotatable bonds is 4. The molecule has 15 heavy (non-hydrogen) atoms. The first-order chi connectivity index (χ1) is 7.29. The molecule has 80 valence electrons. The summed E-state index contributed by atoms with van der Waals surface area (Å²) in [7, 11) is 0. The first kappa shape index (κ1) is 10.4. The summed E-state index contributed by atoms with van der Waals surface area (Å²) in [6.07, 6.45) is 1.71. The van der Waals surface area contributed by atoms with Crippen LogP contribution in [0.3, 0.4) is 0 Å². The van der Waals surface area contributed by atoms with Crippen molar-refractivity contribution in [1.82, 2.24) is 19.7 Å². The van der Waals surface area contributed by atoms with E-state index in [0.717, 1.165) is 17.5 Å². The van der Waals surface area contributed by atoms with Gasteiger partial charge in [-0.1, -0.05) is 11.6 Å². The first-order valence-electron chi connectivity index (χ1n) is 4.51. The monoisotopic (exact) mass is 243 g/mol. The number of halogens is 1. The second-order valence-electron chi connectivity index (χ2n) is 2.86. The van der Waals surface area contributed by atoms with Crippen molar-refractivity contribution in [2.75, 3.05) is 5.32 Å². The maximum Gasteiger partial charge on any atom is 0.184 e. The van der Waals surface area contributed by atoms with Gasteiger partial charge in [-0.15, -0.1) is 21.5 Å². The lowest BCUT2D eigenvalue weighted by atomic mass is 10.5. The number of nitrogens with one attached hydrogen (secondary N) is 1. The standard InChI is InChI=1S/C8H10ClN5S/c1-2-14-5-11-13-7(14)3-10-8-12-6(9)4-15-8/h4-5H,2-3H2,1H3,(H,10,12). The Balaban J connectivity index is 1.98. The average Bonchev–Trinajstić information content (AvgIpc) is 2.83. The van der Waals surface area contributed by atoms with E-state index in [1.807, 2.05) is 11.5 Å². The molecule has 0 aromatic carbocycles. The highest BCUT2D eigenvalue weighted by atomic mass is 35.5. The van der Waals surface area contributed by atoms with Crippen LogP contribution in [-0.2, 0) is 13.1 Å². The van der Waals surface area contributed by atoms with Crippen LogP contribution in [0.15, 0.2) is 11.7 Å². The molecule has 0 bridgehead atoms. The van der Waals surface area contributed by atoms with Gasteiger partial charge >= 0.3 is 0 Å². The third-order valence-corrected chi connectivity index (χ3v) is 3.03. The average molecular weight is 244 g/mol. The van der Waals surface area contributed by atoms with Gasteiger partial charge in [0.2, 0.25) is 0 Å². The Bertz CT molecular complexity index is 438. The molecule has 0 aliphatic rings. The van der Waals surface area contributed by atoms with E-state index in [-0.39, 0.29) is 0 Å². The van der Waals surface area contributed by atoms with Gasteiger partial charge in [-0.05, 0) is 6.92 Å². The van der Waals surface area contributed by atoms with Crippen molar-refractivity contribution in [3.63, 3.8) is 0 Å². The number of aromatic nitrogens is 4. The molecular formula is C8H10ClN5S. The van der Waals surface area contributed by atoms with Gasteiger partial charge in [0.15, 0.2) is 11.0 Å². The molecule has 1 N–H and O–H groups in total. The summed E-state index contributed by atoms with van der Waals surface area (Å²) in [5.41, 5.74) is 0. The summed E-state index contributed by atoms with van der Waals surface area (Å²) < 4.78 is 1.97. The van der Waals surface area contributed by atoms with Crippen LogP contribution in [0.2, 0.25) is 5.15 Å². The van der Waals surface area contributed by atoms with Gasteiger partial charge in [0.1, 0.15) is 11.5 Å². The van der Waals surface area contributed by atoms with Gasteiger partial charge in [0.25, 0.3) is 0 Å². The van der Waals surface area contributed by atoms with Crippen molar-refractivity contribution < 1.29 is 0 Å². The van der Waals surface area contributed by atoms with Gasteiger partial charge in [-0.2, -0.15) is 0 Å². The molecule has 7 heteroatoms. The highest BCUT2D eigenvalue weighted by molar-refractivity contribution is 7.14. The Morgan fingerprint density at radius 2 is 2.47 bits per heavy atom. The number of anilines is 1. The molecule has 0 spiro atoms. The Labute approximate surface area is 96.1 Å². The van der Waals surface area contributed by atoms with Crippen LogP contribution in [0.5, 0.6) is 0 Å². The molecule has 0 atom stereocenters. The lowest BCUT2D eigenvalue weighted by Crippen LogP contribution is -2.07. The van der Waals surface area contributed by atoms with Crippen LogP contribution in [0.1, 0.15) is 12.7 Å². The third kappa shape index (κ3) is 2.45. The van der Waals surface area contributed by atoms with E-state index in [1.54, 1.807) is 11.7 Å². The topological polar surface area (TPSA) is 55.6 Å². The lowest BCUT2D eigenvalue weighted by molar-refractivity contribution is 0.708. The summed E-state index contributed by atoms with van der Waals surface area (Å²) in [6, 6.07) is 0. The van der Waals surface area contributed by atoms with Crippen molar-refractivity contribution in [3.05, 3.63) is 22.7 Å². The quantitative estimate of drug-likeness (QED) is 0.893. The van der Waals surface area contributed by atoms with E-state index >= 15 is 0 Å². The molecule has 5 nitrogen and oxygen atoms in total. The van der Waals surface area contributed by atoms with Gasteiger partial charge in [0, 0.05) is 11.9 Å². The van der Waals surface area contributed by atoms with Gasteiger partial charge < -0.3 is 9.88 Å². The summed E-state index contributed by atoms with van der Waals surface area (Å²) in [6.45, 7) is 3.52. The predicted molar refractivity (Wildman–Crippen MR) is 60.1 cm³/mol. The molecule has 0 aliphatic carbocycles. The molecule has 0 aliphatic heterocycles. The summed E-state index contributed by atoms with van der Waals surface area (Å²) in [5, 5.41) is 14.1. The molecule has 2 aromatic rings. The zero-order chi connectivity index (χ0) is 10.7. The Kier molecular flexibility index (Phi) is 3.17. The maximum atomic E-state index is 5.71. The van der Waals surface area contributed by atoms with Crippen LogP contribution < -0.4 is 5.32 Å². The molecule has 0 fully saturated rings. The Morgan fingerprint density at radius 3 is 3.13 bits per heavy atom. The van der Waals surface area contributed by atoms with E-state index in [9.17, 15) is 0 Å². The smallest absolute Gasteiger partial charge is 0.184 e. The van der Waals surface area contributed by atoms with Crippen LogP contribution >= 0.6 is 22.9 Å². The Hall–Kier alpha value is -1.14. The number of hydrogen-bond acceptors (Lipinski definition) is 5. The van der Waals surface area contributed by atoms with Crippen LogP contribution in [-0.4, -0.2) is 19.7 Å². The maximum absolute atomic E-state index is 5.71. The highest BCUT2D eigenvalue weighted by Gasteiger charge is 2.03. The Morgan fingerprint density at radius 1 is 1.60 bits per heavy atom. The summed E-state index contributed by atoms with van der Waals surface area (Å²) in [5.74, 6) is 0.892. The zero-order valence-corrected chi connectivity index (χ0v) is 9.72. The minimum Gasteiger partial charge on any atom is -0.354 e. The van der Waals surface area contributed by atoms with E-state index in [1.165, 1.54) is 11.3 Å². The van der Waals surface area contributed by atoms with E-state index < -0.39 is 0 Å². The van der Waals surface area contributed by atoms with Gasteiger partial charge in [-0.3, -0.25) is 0 Å². The second-order valence-corrected chi connectivity index (χ2v) is 4.11. The number of nitrogens with zero attached hydrogens (tertiary/aromatic N) is 4. The second kappa shape index (κ2) is 4.59. The van der Waals surface area contributed by atoms with Gasteiger partial charge in [-0.25, -0.2) is 4.98 Å². The predicted octanol–water partition coefficient (Wildman–Crippen LogP) is 2.02. The summed E-state index contributed by atoms with van der Waals surface area (Å²) in [4.78, 5) is 4.08. The first-order valence-corrected chi connectivity index (χ1v) is 5.77. The van der Waals surface area contributed by atoms with E-state index in [0.29, 0.717) is 11.7 Å². The molecule has 0 saturated carbocycles. The van der Waals surface area contributed by atoms with Crippen molar-refractivity contribution in [2.45, 2.75) is 20.0 Å². The normalized spacial score (nSPS) is 10.5. The molecular weight excluding hydrogens is 234 g/mol. The van der Waals surface area contributed by atoms with Crippen molar-refractivity contribution in [2.24, 2.45) is 0 Å². The van der Waals surface area contributed by atoms with E-state index in [2.05, 4.69) is 20.5 Å². The summed E-state index contributed by atoms with van der Waals surface area (Å²) >= 11 is 7.18. The zero-order valence-electron chi connectivity index (χ0n) is 8.14. The molecule has 0 saturated heterocycles. The van der Waals surface area contributed by atoms with Crippen molar-refractivity contribution >= 4 is 28.1 Å². The lowest BCUT2D eigenvalue weighted by Gasteiger charge is -2.03. The fourth-order valence-electron chi connectivity index (χ4n) is 1.17. The van der Waals surface area contributed by atoms with Crippen molar-refractivity contribution in [1.29, 1.82) is 0 Å². The number of thiazole rings is 1. The van der Waals surface area contributed by atoms with Gasteiger partial charge in [0.05, 0.1) is 6.54 Å². The molecule has 0 unspecified atom stereocenters. The van der Waals surface area contributed by atoms with Crippen LogP contribution in [0.25, 0.3) is 0 Å². The van der Waals surface area contributed by atoms with E-state index in [4.69, 9.17) is 11.6 Å². The largest absolute Gasteiger partial charge is 0.354 e. The minimum absolute atomic E-state index is 0.513. The molecule has 2 heterocycles. The van der Waals surface area contributed by atoms with Crippen LogP contribution in [0, 0.1) is 0 Å². The SMILES string of the molecule is CCn1cnnc1CNc1nc(Cl)cs1. The number of hydrogen-bond donors (Lipinski definition) is 1. The van der Waals surface area contributed by atoms with Crippen molar-refractivity contribution in [3.8, 4) is 0 Å². The fraction of sp³-hybridized carbons (Fsp3) is 0.375. The molecule has 0 amide bonds. The third-order valence-electron chi connectivity index (χ3n) is 1.91. The highest BCUT2D eigenvalue weighted by Crippen LogP contribution is 2.19. The molecule has 0 radical (unpaired) electrons. The minimum atomic E-state index is 0.513. The molecule has 2 aromatic heterocycles. The fourth-order valence-corrected chi connectivity index (χ4v) is 2.01. The van der Waals surface area contributed by atoms with Crippen LogP contribution in [0.4, 0.5) is 5.13 Å². The molecule has 2 rings (SSSR count).